The summed E-state index contributed by atoms with van der Waals surface area (Å²) in [5, 5.41) is 19.8. The zero-order valence-corrected chi connectivity index (χ0v) is 7.12. The molecule has 5 nitrogen and oxygen atoms in total. The van der Waals surface area contributed by atoms with Gasteiger partial charge in [0.1, 0.15) is 6.10 Å². The lowest BCUT2D eigenvalue weighted by Crippen LogP contribution is -2.23. The highest BCUT2D eigenvalue weighted by atomic mass is 16.6. The lowest BCUT2D eigenvalue weighted by Gasteiger charge is -2.11. The Morgan fingerprint density at radius 3 is 2.54 bits per heavy atom. The van der Waals surface area contributed by atoms with Crippen LogP contribution >= 0.6 is 0 Å². The van der Waals surface area contributed by atoms with E-state index >= 15 is 0 Å². The standard InChI is InChI=1S/C8H10N2O3/c1-6(10(12)13)8(11)7-2-4-9-5-3-7/h2-6,8,11H,1H3/t6-,8+/m1/s1. The molecule has 0 unspecified atom stereocenters. The molecule has 0 bridgehead atoms. The number of hydrogen-bond acceptors (Lipinski definition) is 4. The molecule has 0 aromatic carbocycles. The first-order chi connectivity index (χ1) is 6.13. The van der Waals surface area contributed by atoms with E-state index < -0.39 is 17.1 Å². The van der Waals surface area contributed by atoms with Crippen LogP contribution in [0, 0.1) is 10.1 Å². The molecule has 1 aromatic rings. The molecule has 0 fully saturated rings. The maximum absolute atomic E-state index is 10.3. The Morgan fingerprint density at radius 1 is 1.54 bits per heavy atom. The van der Waals surface area contributed by atoms with Crippen molar-refractivity contribution in [2.24, 2.45) is 0 Å². The zero-order chi connectivity index (χ0) is 9.84. The summed E-state index contributed by atoms with van der Waals surface area (Å²) in [6.07, 6.45) is 1.91. The van der Waals surface area contributed by atoms with Gasteiger partial charge in [-0.1, -0.05) is 0 Å². The molecule has 13 heavy (non-hydrogen) atoms. The lowest BCUT2D eigenvalue weighted by atomic mass is 10.1. The summed E-state index contributed by atoms with van der Waals surface area (Å²) in [5.74, 6) is 0. The number of aromatic nitrogens is 1. The number of nitrogens with zero attached hydrogens (tertiary/aromatic N) is 2. The van der Waals surface area contributed by atoms with Crippen molar-refractivity contribution >= 4 is 0 Å². The summed E-state index contributed by atoms with van der Waals surface area (Å²) in [6.45, 7) is 1.37. The minimum Gasteiger partial charge on any atom is -0.381 e. The van der Waals surface area contributed by atoms with Gasteiger partial charge in [-0.15, -0.1) is 0 Å². The van der Waals surface area contributed by atoms with Crippen molar-refractivity contribution in [1.82, 2.24) is 4.98 Å². The van der Waals surface area contributed by atoms with Crippen LogP contribution in [0.4, 0.5) is 0 Å². The van der Waals surface area contributed by atoms with E-state index in [1.54, 1.807) is 12.1 Å². The van der Waals surface area contributed by atoms with Crippen LogP contribution in [-0.2, 0) is 0 Å². The van der Waals surface area contributed by atoms with Gasteiger partial charge in [-0.25, -0.2) is 0 Å². The third kappa shape index (κ3) is 2.22. The molecule has 0 saturated carbocycles. The molecule has 0 saturated heterocycles. The Kier molecular flexibility index (Phi) is 2.92. The molecule has 2 atom stereocenters. The van der Waals surface area contributed by atoms with Gasteiger partial charge in [0, 0.05) is 24.2 Å². The van der Waals surface area contributed by atoms with Gasteiger partial charge in [-0.3, -0.25) is 15.1 Å². The van der Waals surface area contributed by atoms with Gasteiger partial charge in [-0.2, -0.15) is 0 Å². The summed E-state index contributed by atoms with van der Waals surface area (Å²) in [7, 11) is 0. The Hall–Kier alpha value is -1.49. The predicted octanol–water partition coefficient (Wildman–Crippen LogP) is 0.780. The third-order valence-electron chi connectivity index (χ3n) is 1.84. The van der Waals surface area contributed by atoms with Crippen molar-refractivity contribution in [3.05, 3.63) is 40.2 Å². The molecular weight excluding hydrogens is 172 g/mol. The maximum atomic E-state index is 10.3. The minimum absolute atomic E-state index is 0.509. The smallest absolute Gasteiger partial charge is 0.239 e. The summed E-state index contributed by atoms with van der Waals surface area (Å²) in [4.78, 5) is 13.6. The van der Waals surface area contributed by atoms with E-state index in [1.807, 2.05) is 0 Å². The van der Waals surface area contributed by atoms with Crippen LogP contribution in [0.5, 0.6) is 0 Å². The molecule has 0 aliphatic rings. The van der Waals surface area contributed by atoms with Crippen LogP contribution in [0.2, 0.25) is 0 Å². The second-order valence-corrected chi connectivity index (χ2v) is 2.75. The van der Waals surface area contributed by atoms with Crippen LogP contribution in [0.25, 0.3) is 0 Å². The normalized spacial score (nSPS) is 14.9. The number of rotatable bonds is 3. The van der Waals surface area contributed by atoms with E-state index in [0.717, 1.165) is 0 Å². The molecular formula is C8H10N2O3. The van der Waals surface area contributed by atoms with E-state index in [1.165, 1.54) is 19.3 Å². The van der Waals surface area contributed by atoms with Crippen molar-refractivity contribution < 1.29 is 10.0 Å². The molecule has 1 rings (SSSR count). The molecule has 70 valence electrons. The topological polar surface area (TPSA) is 76.3 Å². The Balaban J connectivity index is 2.79. The molecule has 0 amide bonds. The van der Waals surface area contributed by atoms with Crippen molar-refractivity contribution in [1.29, 1.82) is 0 Å². The first-order valence-electron chi connectivity index (χ1n) is 3.84. The number of aliphatic hydroxyl groups excluding tert-OH is 1. The van der Waals surface area contributed by atoms with Crippen molar-refractivity contribution in [2.45, 2.75) is 19.1 Å². The SMILES string of the molecule is C[C@H]([C@H](O)c1ccncc1)[N+](=O)[O-]. The molecule has 0 aliphatic carbocycles. The van der Waals surface area contributed by atoms with Crippen LogP contribution in [0.1, 0.15) is 18.6 Å². The van der Waals surface area contributed by atoms with E-state index in [9.17, 15) is 15.2 Å². The summed E-state index contributed by atoms with van der Waals surface area (Å²) in [6, 6.07) is 2.12. The average Bonchev–Trinajstić information content (AvgIpc) is 2.17. The zero-order valence-electron chi connectivity index (χ0n) is 7.12. The second-order valence-electron chi connectivity index (χ2n) is 2.75. The van der Waals surface area contributed by atoms with Crippen LogP contribution in [0.15, 0.2) is 24.5 Å². The maximum Gasteiger partial charge on any atom is 0.239 e. The molecule has 1 N–H and O–H groups in total. The fourth-order valence-corrected chi connectivity index (χ4v) is 0.954. The van der Waals surface area contributed by atoms with Crippen molar-refractivity contribution in [3.63, 3.8) is 0 Å². The van der Waals surface area contributed by atoms with Gasteiger partial charge in [0.05, 0.1) is 0 Å². The van der Waals surface area contributed by atoms with E-state index in [2.05, 4.69) is 4.98 Å². The van der Waals surface area contributed by atoms with Crippen molar-refractivity contribution in [3.8, 4) is 0 Å². The summed E-state index contributed by atoms with van der Waals surface area (Å²) < 4.78 is 0. The minimum atomic E-state index is -1.07. The number of hydrogen-bond donors (Lipinski definition) is 1. The fourth-order valence-electron chi connectivity index (χ4n) is 0.954. The Labute approximate surface area is 75.2 Å². The second kappa shape index (κ2) is 3.95. The van der Waals surface area contributed by atoms with Crippen LogP contribution in [0.3, 0.4) is 0 Å². The van der Waals surface area contributed by atoms with Crippen LogP contribution in [-0.4, -0.2) is 21.1 Å². The van der Waals surface area contributed by atoms with Gasteiger partial charge >= 0.3 is 0 Å². The highest BCUT2D eigenvalue weighted by molar-refractivity contribution is 5.13. The van der Waals surface area contributed by atoms with E-state index in [-0.39, 0.29) is 0 Å². The van der Waals surface area contributed by atoms with Gasteiger partial charge in [0.2, 0.25) is 6.04 Å². The molecule has 0 spiro atoms. The molecule has 0 radical (unpaired) electrons. The number of aliphatic hydroxyl groups is 1. The highest BCUT2D eigenvalue weighted by Gasteiger charge is 2.25. The average molecular weight is 182 g/mol. The van der Waals surface area contributed by atoms with Gasteiger partial charge < -0.3 is 5.11 Å². The molecule has 5 heteroatoms. The molecule has 1 aromatic heterocycles. The number of pyridine rings is 1. The number of nitro groups is 1. The molecule has 0 aliphatic heterocycles. The largest absolute Gasteiger partial charge is 0.381 e. The fraction of sp³-hybridized carbons (Fsp3) is 0.375. The Bertz CT molecular complexity index is 289. The highest BCUT2D eigenvalue weighted by Crippen LogP contribution is 2.16. The predicted molar refractivity (Wildman–Crippen MR) is 45.7 cm³/mol. The Morgan fingerprint density at radius 2 is 2.08 bits per heavy atom. The third-order valence-corrected chi connectivity index (χ3v) is 1.84. The van der Waals surface area contributed by atoms with E-state index in [4.69, 9.17) is 0 Å². The van der Waals surface area contributed by atoms with Gasteiger partial charge in [-0.05, 0) is 17.7 Å². The van der Waals surface area contributed by atoms with Gasteiger partial charge in [0.25, 0.3) is 0 Å². The first-order valence-corrected chi connectivity index (χ1v) is 3.84. The summed E-state index contributed by atoms with van der Waals surface area (Å²) in [5.41, 5.74) is 0.513. The molecule has 1 heterocycles. The first kappa shape index (κ1) is 9.60. The van der Waals surface area contributed by atoms with Crippen molar-refractivity contribution in [2.75, 3.05) is 0 Å². The monoisotopic (exact) mass is 182 g/mol. The van der Waals surface area contributed by atoms with Gasteiger partial charge in [0.15, 0.2) is 0 Å². The lowest BCUT2D eigenvalue weighted by molar-refractivity contribution is -0.531. The quantitative estimate of drug-likeness (QED) is 0.553. The van der Waals surface area contributed by atoms with E-state index in [0.29, 0.717) is 5.56 Å². The van der Waals surface area contributed by atoms with Crippen LogP contribution < -0.4 is 0 Å². The summed E-state index contributed by atoms with van der Waals surface area (Å²) >= 11 is 0.